The van der Waals surface area contributed by atoms with Crippen molar-refractivity contribution in [3.05, 3.63) is 40.7 Å². The Kier molecular flexibility index (Phi) is 4.04. The normalized spacial score (nSPS) is 17.9. The van der Waals surface area contributed by atoms with Crippen molar-refractivity contribution >= 4 is 50.4 Å². The van der Waals surface area contributed by atoms with Crippen molar-refractivity contribution in [3.63, 3.8) is 0 Å². The first-order valence-electron chi connectivity index (χ1n) is 4.58. The Hall–Kier alpha value is -0.780. The molecule has 0 saturated heterocycles. The predicted octanol–water partition coefficient (Wildman–Crippen LogP) is 3.64. The van der Waals surface area contributed by atoms with E-state index in [2.05, 4.69) is 11.6 Å². The second-order valence-corrected chi connectivity index (χ2v) is 5.96. The number of thioether (sulfide) groups is 2. The van der Waals surface area contributed by atoms with Crippen molar-refractivity contribution in [1.82, 2.24) is 0 Å². The van der Waals surface area contributed by atoms with Gasteiger partial charge in [0.2, 0.25) is 5.12 Å². The van der Waals surface area contributed by atoms with Crippen molar-refractivity contribution in [2.75, 3.05) is 5.75 Å². The van der Waals surface area contributed by atoms with E-state index in [9.17, 15) is 4.79 Å². The summed E-state index contributed by atoms with van der Waals surface area (Å²) in [6.45, 7) is 3.64. The number of carbonyl (C=O) groups excluding carboxylic acids is 1. The van der Waals surface area contributed by atoms with Gasteiger partial charge in [-0.3, -0.25) is 4.79 Å². The van der Waals surface area contributed by atoms with Gasteiger partial charge in [-0.15, -0.1) is 6.58 Å². The molecule has 2 heterocycles. The largest absolute Gasteiger partial charge is 0.279 e. The van der Waals surface area contributed by atoms with Crippen LogP contribution in [-0.4, -0.2) is 15.2 Å². The van der Waals surface area contributed by atoms with E-state index in [0.29, 0.717) is 5.70 Å². The summed E-state index contributed by atoms with van der Waals surface area (Å²) in [5.41, 5.74) is 1.57. The number of thiophene rings is 1. The van der Waals surface area contributed by atoms with E-state index < -0.39 is 0 Å². The molecule has 0 atom stereocenters. The van der Waals surface area contributed by atoms with Gasteiger partial charge >= 0.3 is 0 Å². The van der Waals surface area contributed by atoms with Crippen LogP contribution in [0.3, 0.4) is 0 Å². The molecule has 5 heteroatoms. The van der Waals surface area contributed by atoms with Gasteiger partial charge in [0, 0.05) is 5.75 Å². The Labute approximate surface area is 107 Å². The molecular weight excluding hydrogens is 258 g/mol. The average Bonchev–Trinajstić information content (AvgIpc) is 2.87. The van der Waals surface area contributed by atoms with Gasteiger partial charge in [-0.1, -0.05) is 17.8 Å². The molecule has 0 saturated carbocycles. The van der Waals surface area contributed by atoms with Crippen molar-refractivity contribution in [1.29, 1.82) is 0 Å². The zero-order valence-electron chi connectivity index (χ0n) is 8.38. The van der Waals surface area contributed by atoms with E-state index in [-0.39, 0.29) is 5.12 Å². The molecule has 1 aliphatic heterocycles. The van der Waals surface area contributed by atoms with Gasteiger partial charge in [0.05, 0.1) is 0 Å². The maximum Gasteiger partial charge on any atom is 0.244 e. The topological polar surface area (TPSA) is 29.4 Å². The fraction of sp³-hybridized carbons (Fsp3) is 0.0909. The van der Waals surface area contributed by atoms with Crippen molar-refractivity contribution < 1.29 is 4.79 Å². The quantitative estimate of drug-likeness (QED) is 0.618. The van der Waals surface area contributed by atoms with Gasteiger partial charge in [-0.25, -0.2) is 4.99 Å². The molecule has 82 valence electrons. The lowest BCUT2D eigenvalue weighted by Crippen LogP contribution is -1.87. The Bertz CT molecular complexity index is 460. The molecule has 0 radical (unpaired) electrons. The van der Waals surface area contributed by atoms with Crippen molar-refractivity contribution in [2.45, 2.75) is 0 Å². The summed E-state index contributed by atoms with van der Waals surface area (Å²) in [6, 6.07) is 1.97. The predicted molar refractivity (Wildman–Crippen MR) is 75.0 cm³/mol. The molecular formula is C11H9NOS3. The van der Waals surface area contributed by atoms with Crippen molar-refractivity contribution in [3.8, 4) is 0 Å². The summed E-state index contributed by atoms with van der Waals surface area (Å²) in [5.74, 6) is 0.783. The van der Waals surface area contributed by atoms with E-state index in [1.165, 1.54) is 23.5 Å². The van der Waals surface area contributed by atoms with Gasteiger partial charge in [-0.2, -0.15) is 11.3 Å². The standard InChI is InChI=1S/C11H9NOS3/c1-2-4-15-11-12-9(10(13)16-11)6-8-3-5-14-7-8/h2-3,5-7H,1,4H2/b9-6+. The first kappa shape index (κ1) is 11.7. The van der Waals surface area contributed by atoms with Crippen LogP contribution in [0.15, 0.2) is 40.2 Å². The maximum atomic E-state index is 11.6. The van der Waals surface area contributed by atoms with Gasteiger partial charge in [-0.05, 0) is 40.2 Å². The molecule has 2 rings (SSSR count). The molecule has 1 aliphatic rings. The molecule has 16 heavy (non-hydrogen) atoms. The maximum absolute atomic E-state index is 11.6. The Morgan fingerprint density at radius 2 is 2.44 bits per heavy atom. The van der Waals surface area contributed by atoms with Crippen LogP contribution in [0.5, 0.6) is 0 Å². The number of hydrogen-bond donors (Lipinski definition) is 0. The first-order chi connectivity index (χ1) is 7.79. The van der Waals surface area contributed by atoms with E-state index in [4.69, 9.17) is 0 Å². The summed E-state index contributed by atoms with van der Waals surface area (Å²) in [5, 5.41) is 4.00. The first-order valence-corrected chi connectivity index (χ1v) is 7.32. The molecule has 2 nitrogen and oxygen atoms in total. The molecule has 0 aliphatic carbocycles. The van der Waals surface area contributed by atoms with Gasteiger partial charge in [0.25, 0.3) is 0 Å². The minimum absolute atomic E-state index is 0.0257. The van der Waals surface area contributed by atoms with E-state index in [1.54, 1.807) is 17.4 Å². The summed E-state index contributed by atoms with van der Waals surface area (Å²) in [6.07, 6.45) is 3.63. The van der Waals surface area contributed by atoms with E-state index in [0.717, 1.165) is 15.7 Å². The van der Waals surface area contributed by atoms with Gasteiger partial charge in [0.1, 0.15) is 10.1 Å². The highest BCUT2D eigenvalue weighted by molar-refractivity contribution is 8.45. The summed E-state index contributed by atoms with van der Waals surface area (Å²) in [7, 11) is 0. The lowest BCUT2D eigenvalue weighted by Gasteiger charge is -1.90. The summed E-state index contributed by atoms with van der Waals surface area (Å²) < 4.78 is 0.811. The average molecular weight is 267 g/mol. The molecule has 0 spiro atoms. The third-order valence-electron chi connectivity index (χ3n) is 1.77. The third kappa shape index (κ3) is 2.87. The van der Waals surface area contributed by atoms with Crippen LogP contribution in [-0.2, 0) is 4.79 Å². The fourth-order valence-corrected chi connectivity index (χ4v) is 3.32. The minimum atomic E-state index is 0.0257. The van der Waals surface area contributed by atoms with E-state index >= 15 is 0 Å². The zero-order valence-corrected chi connectivity index (χ0v) is 10.8. The number of nitrogens with zero attached hydrogens (tertiary/aromatic N) is 1. The monoisotopic (exact) mass is 267 g/mol. The molecule has 0 unspecified atom stereocenters. The van der Waals surface area contributed by atoms with Gasteiger partial charge < -0.3 is 0 Å². The Morgan fingerprint density at radius 3 is 3.12 bits per heavy atom. The van der Waals surface area contributed by atoms with Crippen LogP contribution in [0.1, 0.15) is 5.56 Å². The van der Waals surface area contributed by atoms with Crippen LogP contribution in [0.2, 0.25) is 0 Å². The van der Waals surface area contributed by atoms with Crippen molar-refractivity contribution in [2.24, 2.45) is 4.99 Å². The van der Waals surface area contributed by atoms with Crippen LogP contribution in [0.4, 0.5) is 0 Å². The van der Waals surface area contributed by atoms with Crippen LogP contribution in [0.25, 0.3) is 6.08 Å². The number of rotatable bonds is 3. The molecule has 0 bridgehead atoms. The fourth-order valence-electron chi connectivity index (χ4n) is 1.10. The van der Waals surface area contributed by atoms with Crippen LogP contribution >= 0.6 is 34.9 Å². The van der Waals surface area contributed by atoms with Crippen LogP contribution < -0.4 is 0 Å². The molecule has 0 aromatic carbocycles. The lowest BCUT2D eigenvalue weighted by molar-refractivity contribution is -0.107. The highest BCUT2D eigenvalue weighted by atomic mass is 32.2. The minimum Gasteiger partial charge on any atom is -0.279 e. The molecule has 0 N–H and O–H groups in total. The Balaban J connectivity index is 2.13. The SMILES string of the molecule is C=CCSC1=N/C(=C/c2ccsc2)C(=O)S1. The van der Waals surface area contributed by atoms with Gasteiger partial charge in [0.15, 0.2) is 0 Å². The smallest absolute Gasteiger partial charge is 0.244 e. The summed E-state index contributed by atoms with van der Waals surface area (Å²) >= 11 is 4.35. The number of carbonyl (C=O) groups is 1. The molecule has 0 fully saturated rings. The molecule has 0 amide bonds. The molecule has 1 aromatic heterocycles. The Morgan fingerprint density at radius 1 is 1.56 bits per heavy atom. The zero-order chi connectivity index (χ0) is 11.4. The lowest BCUT2D eigenvalue weighted by atomic mass is 10.3. The highest BCUT2D eigenvalue weighted by Crippen LogP contribution is 2.31. The second kappa shape index (κ2) is 5.52. The number of hydrogen-bond acceptors (Lipinski definition) is 5. The second-order valence-electron chi connectivity index (χ2n) is 2.95. The number of aliphatic imine (C=N–C) groups is 1. The van der Waals surface area contributed by atoms with Crippen LogP contribution in [0, 0.1) is 0 Å². The summed E-state index contributed by atoms with van der Waals surface area (Å²) in [4.78, 5) is 15.9. The van der Waals surface area contributed by atoms with E-state index in [1.807, 2.05) is 22.9 Å². The highest BCUT2D eigenvalue weighted by Gasteiger charge is 2.21. The third-order valence-corrected chi connectivity index (χ3v) is 4.48. The molecule has 1 aromatic rings.